The summed E-state index contributed by atoms with van der Waals surface area (Å²) in [4.78, 5) is 25.9. The third kappa shape index (κ3) is 3.07. The smallest absolute Gasteiger partial charge is 0.255 e. The Morgan fingerprint density at radius 3 is 2.82 bits per heavy atom. The number of carbonyl (C=O) groups excluding carboxylic acids is 1. The standard InChI is InChI=1S/C25H22ClN5O2/c1-13-15(26)4-3-5-16(13)29-22-19-23(25(9-10-25)12-28-24(19)32)31-21(22)14-8-11-27-17-6-7-18(33-2)30-20(14)17/h3-8,11,29,31H,9-10,12H2,1-2H3,(H,28,32). The first-order valence-electron chi connectivity index (χ1n) is 10.9. The minimum atomic E-state index is -0.0869. The van der Waals surface area contributed by atoms with Crippen LogP contribution in [0.1, 0.15) is 34.5 Å². The summed E-state index contributed by atoms with van der Waals surface area (Å²) >= 11 is 6.39. The van der Waals surface area contributed by atoms with Crippen LogP contribution in [0, 0.1) is 6.92 Å². The number of nitrogens with one attached hydrogen (secondary N) is 3. The quantitative estimate of drug-likeness (QED) is 0.394. The van der Waals surface area contributed by atoms with E-state index < -0.39 is 0 Å². The number of aromatic amines is 1. The van der Waals surface area contributed by atoms with Crippen molar-refractivity contribution in [2.24, 2.45) is 0 Å². The topological polar surface area (TPSA) is 91.9 Å². The second-order valence-corrected chi connectivity index (χ2v) is 9.11. The van der Waals surface area contributed by atoms with Crippen LogP contribution in [0.4, 0.5) is 11.4 Å². The van der Waals surface area contributed by atoms with Crippen molar-refractivity contribution in [1.29, 1.82) is 0 Å². The minimum Gasteiger partial charge on any atom is -0.481 e. The maximum atomic E-state index is 13.1. The highest BCUT2D eigenvalue weighted by Gasteiger charge is 2.51. The number of pyridine rings is 2. The fourth-order valence-electron chi connectivity index (χ4n) is 4.66. The lowest BCUT2D eigenvalue weighted by Gasteiger charge is -2.23. The number of hydrogen-bond donors (Lipinski definition) is 3. The van der Waals surface area contributed by atoms with E-state index >= 15 is 0 Å². The molecule has 1 fully saturated rings. The van der Waals surface area contributed by atoms with Gasteiger partial charge in [-0.3, -0.25) is 9.78 Å². The summed E-state index contributed by atoms with van der Waals surface area (Å²) in [6.45, 7) is 2.61. The molecule has 1 spiro atoms. The largest absolute Gasteiger partial charge is 0.481 e. The van der Waals surface area contributed by atoms with E-state index in [9.17, 15) is 4.79 Å². The molecule has 0 saturated heterocycles. The molecule has 0 atom stereocenters. The zero-order valence-corrected chi connectivity index (χ0v) is 19.0. The Balaban J connectivity index is 1.63. The number of rotatable bonds is 4. The van der Waals surface area contributed by atoms with Gasteiger partial charge in [0.2, 0.25) is 5.88 Å². The molecular weight excluding hydrogens is 438 g/mol. The number of anilines is 2. The Hall–Kier alpha value is -3.58. The number of nitrogens with zero attached hydrogens (tertiary/aromatic N) is 2. The average Bonchev–Trinajstić information content (AvgIpc) is 3.51. The van der Waals surface area contributed by atoms with Crippen LogP contribution < -0.4 is 15.4 Å². The number of fused-ring (bicyclic) bond motifs is 3. The van der Waals surface area contributed by atoms with Crippen molar-refractivity contribution < 1.29 is 9.53 Å². The molecule has 7 nitrogen and oxygen atoms in total. The number of carbonyl (C=O) groups is 1. The molecule has 2 aliphatic rings. The van der Waals surface area contributed by atoms with Gasteiger partial charge in [0.1, 0.15) is 5.52 Å². The van der Waals surface area contributed by atoms with E-state index in [2.05, 4.69) is 25.6 Å². The summed E-state index contributed by atoms with van der Waals surface area (Å²) in [6, 6.07) is 11.3. The number of H-pyrrole nitrogens is 1. The van der Waals surface area contributed by atoms with Gasteiger partial charge in [0.15, 0.2) is 0 Å². The van der Waals surface area contributed by atoms with Crippen LogP contribution >= 0.6 is 11.6 Å². The van der Waals surface area contributed by atoms with Crippen molar-refractivity contribution in [3.63, 3.8) is 0 Å². The fourth-order valence-corrected chi connectivity index (χ4v) is 4.83. The molecule has 1 aromatic carbocycles. The monoisotopic (exact) mass is 459 g/mol. The van der Waals surface area contributed by atoms with Crippen LogP contribution in [0.5, 0.6) is 5.88 Å². The highest BCUT2D eigenvalue weighted by atomic mass is 35.5. The van der Waals surface area contributed by atoms with E-state index in [1.54, 1.807) is 19.4 Å². The number of amides is 1. The maximum absolute atomic E-state index is 13.1. The van der Waals surface area contributed by atoms with Gasteiger partial charge in [0.25, 0.3) is 5.91 Å². The summed E-state index contributed by atoms with van der Waals surface area (Å²) in [5.41, 5.74) is 7.18. The molecular formula is C25H22ClN5O2. The van der Waals surface area contributed by atoms with E-state index in [4.69, 9.17) is 16.3 Å². The molecule has 1 saturated carbocycles. The minimum absolute atomic E-state index is 0.0325. The van der Waals surface area contributed by atoms with Gasteiger partial charge >= 0.3 is 0 Å². The molecule has 0 bridgehead atoms. The van der Waals surface area contributed by atoms with Gasteiger partial charge in [-0.05, 0) is 49.6 Å². The lowest BCUT2D eigenvalue weighted by Crippen LogP contribution is -2.39. The van der Waals surface area contributed by atoms with Crippen molar-refractivity contribution in [3.8, 4) is 17.1 Å². The SMILES string of the molecule is COc1ccc2nccc(-c3[nH]c4c(c3Nc3cccc(Cl)c3C)C(=O)NCC43CC3)c2n1. The van der Waals surface area contributed by atoms with Gasteiger partial charge in [0.05, 0.1) is 29.6 Å². The second kappa shape index (κ2) is 7.22. The molecule has 0 unspecified atom stereocenters. The lowest BCUT2D eigenvalue weighted by molar-refractivity contribution is 0.0938. The molecule has 8 heteroatoms. The van der Waals surface area contributed by atoms with Gasteiger partial charge in [-0.1, -0.05) is 17.7 Å². The Bertz CT molecular complexity index is 1440. The number of halogens is 1. The van der Waals surface area contributed by atoms with Crippen molar-refractivity contribution in [2.75, 3.05) is 19.0 Å². The first-order chi connectivity index (χ1) is 16.0. The van der Waals surface area contributed by atoms with Crippen molar-refractivity contribution in [1.82, 2.24) is 20.3 Å². The second-order valence-electron chi connectivity index (χ2n) is 8.71. The molecule has 1 amide bonds. The molecule has 166 valence electrons. The van der Waals surface area contributed by atoms with E-state index in [-0.39, 0.29) is 11.3 Å². The lowest BCUT2D eigenvalue weighted by atomic mass is 9.93. The molecule has 3 aromatic heterocycles. The van der Waals surface area contributed by atoms with Crippen LogP contribution in [-0.2, 0) is 5.41 Å². The number of aromatic nitrogens is 3. The summed E-state index contributed by atoms with van der Waals surface area (Å²) in [5.74, 6) is 0.417. The summed E-state index contributed by atoms with van der Waals surface area (Å²) < 4.78 is 5.37. The van der Waals surface area contributed by atoms with Crippen LogP contribution in [0.2, 0.25) is 5.02 Å². The molecule has 1 aliphatic carbocycles. The zero-order chi connectivity index (χ0) is 22.7. The molecule has 3 N–H and O–H groups in total. The first-order valence-corrected chi connectivity index (χ1v) is 11.3. The summed E-state index contributed by atoms with van der Waals surface area (Å²) in [7, 11) is 1.59. The number of benzene rings is 1. The Kier molecular flexibility index (Phi) is 4.39. The Labute approximate surface area is 195 Å². The third-order valence-electron chi connectivity index (χ3n) is 6.76. The van der Waals surface area contributed by atoms with E-state index in [1.165, 1.54) is 0 Å². The van der Waals surface area contributed by atoms with Gasteiger partial charge in [-0.25, -0.2) is 4.98 Å². The van der Waals surface area contributed by atoms with Crippen LogP contribution in [0.15, 0.2) is 42.6 Å². The van der Waals surface area contributed by atoms with Crippen molar-refractivity contribution in [2.45, 2.75) is 25.2 Å². The highest BCUT2D eigenvalue weighted by molar-refractivity contribution is 6.31. The van der Waals surface area contributed by atoms with Crippen molar-refractivity contribution in [3.05, 3.63) is 64.4 Å². The molecule has 0 radical (unpaired) electrons. The third-order valence-corrected chi connectivity index (χ3v) is 7.17. The number of ether oxygens (including phenoxy) is 1. The normalized spacial score (nSPS) is 15.9. The molecule has 4 aromatic rings. The fraction of sp³-hybridized carbons (Fsp3) is 0.240. The molecule has 1 aliphatic heterocycles. The van der Waals surface area contributed by atoms with Crippen LogP contribution in [0.3, 0.4) is 0 Å². The van der Waals surface area contributed by atoms with E-state index in [0.29, 0.717) is 28.5 Å². The Morgan fingerprint density at radius 2 is 2.03 bits per heavy atom. The van der Waals surface area contributed by atoms with Gasteiger partial charge in [-0.15, -0.1) is 0 Å². The van der Waals surface area contributed by atoms with Crippen molar-refractivity contribution >= 4 is 39.9 Å². The predicted octanol–water partition coefficient (Wildman–Crippen LogP) is 5.11. The average molecular weight is 460 g/mol. The maximum Gasteiger partial charge on any atom is 0.255 e. The number of hydrogen-bond acceptors (Lipinski definition) is 5. The summed E-state index contributed by atoms with van der Waals surface area (Å²) in [6.07, 6.45) is 3.84. The van der Waals surface area contributed by atoms with E-state index in [0.717, 1.165) is 52.2 Å². The summed E-state index contributed by atoms with van der Waals surface area (Å²) in [5, 5.41) is 7.27. The van der Waals surface area contributed by atoms with Crippen LogP contribution in [-0.4, -0.2) is 34.5 Å². The highest BCUT2D eigenvalue weighted by Crippen LogP contribution is 2.53. The Morgan fingerprint density at radius 1 is 1.18 bits per heavy atom. The first kappa shape index (κ1) is 20.1. The van der Waals surface area contributed by atoms with Gasteiger partial charge in [-0.2, -0.15) is 0 Å². The molecule has 33 heavy (non-hydrogen) atoms. The predicted molar refractivity (Wildman–Crippen MR) is 129 cm³/mol. The van der Waals surface area contributed by atoms with Gasteiger partial charge < -0.3 is 20.4 Å². The van der Waals surface area contributed by atoms with Crippen LogP contribution in [0.25, 0.3) is 22.3 Å². The molecule has 4 heterocycles. The molecule has 6 rings (SSSR count). The number of methoxy groups -OCH3 is 1. The van der Waals surface area contributed by atoms with Gasteiger partial charge in [0, 0.05) is 46.2 Å². The zero-order valence-electron chi connectivity index (χ0n) is 18.3. The van der Waals surface area contributed by atoms with E-state index in [1.807, 2.05) is 37.3 Å².